The van der Waals surface area contributed by atoms with E-state index in [1.165, 1.54) is 19.3 Å². The number of fused-ring (bicyclic) bond motifs is 1. The van der Waals surface area contributed by atoms with Crippen LogP contribution in [0.1, 0.15) is 47.9 Å². The van der Waals surface area contributed by atoms with Crippen LogP contribution in [0.4, 0.5) is 5.82 Å². The third-order valence-corrected chi connectivity index (χ3v) is 7.37. The van der Waals surface area contributed by atoms with Gasteiger partial charge in [-0.2, -0.15) is 0 Å². The number of aromatic nitrogens is 4. The Balaban J connectivity index is 1.70. The summed E-state index contributed by atoms with van der Waals surface area (Å²) in [6, 6.07) is 14.0. The van der Waals surface area contributed by atoms with Crippen LogP contribution in [-0.4, -0.2) is 52.2 Å². The lowest BCUT2D eigenvalue weighted by molar-refractivity contribution is 0.111. The van der Waals surface area contributed by atoms with E-state index < -0.39 is 0 Å². The highest BCUT2D eigenvalue weighted by atomic mass is 35.5. The topological polar surface area (TPSA) is 91.2 Å². The van der Waals surface area contributed by atoms with Crippen LogP contribution in [0.25, 0.3) is 22.6 Å². The number of aldehydes is 1. The van der Waals surface area contributed by atoms with Crippen molar-refractivity contribution in [1.29, 1.82) is 0 Å². The first-order chi connectivity index (χ1) is 18.5. The van der Waals surface area contributed by atoms with Crippen molar-refractivity contribution in [2.75, 3.05) is 25.6 Å². The summed E-state index contributed by atoms with van der Waals surface area (Å²) in [6.07, 6.45) is 4.28. The van der Waals surface area contributed by atoms with Gasteiger partial charge < -0.3 is 19.4 Å². The van der Waals surface area contributed by atoms with Crippen molar-refractivity contribution >= 4 is 34.9 Å². The number of hydrogen-bond donors (Lipinski definition) is 1. The zero-order valence-electron chi connectivity index (χ0n) is 21.9. The van der Waals surface area contributed by atoms with E-state index in [9.17, 15) is 4.79 Å². The lowest BCUT2D eigenvalue weighted by Gasteiger charge is -2.32. The number of rotatable bonds is 11. The normalized spacial score (nSPS) is 14.3. The van der Waals surface area contributed by atoms with Gasteiger partial charge in [0.2, 0.25) is 0 Å². The number of hydrogen-bond acceptors (Lipinski definition) is 7. The molecule has 0 saturated heterocycles. The van der Waals surface area contributed by atoms with E-state index in [0.29, 0.717) is 60.0 Å². The maximum Gasteiger partial charge on any atom is 0.196 e. The fourth-order valence-corrected chi connectivity index (χ4v) is 4.92. The van der Waals surface area contributed by atoms with Crippen LogP contribution in [0.2, 0.25) is 5.02 Å². The molecule has 2 aromatic heterocycles. The molecule has 0 unspecified atom stereocenters. The number of imidazole rings is 1. The van der Waals surface area contributed by atoms with Crippen molar-refractivity contribution in [3.63, 3.8) is 0 Å². The summed E-state index contributed by atoms with van der Waals surface area (Å²) >= 11 is 6.17. The second-order valence-corrected chi connectivity index (χ2v) is 10.3. The van der Waals surface area contributed by atoms with Crippen molar-refractivity contribution in [3.8, 4) is 17.1 Å². The van der Waals surface area contributed by atoms with Crippen LogP contribution in [0, 0.1) is 12.8 Å². The van der Waals surface area contributed by atoms with Crippen molar-refractivity contribution in [2.24, 2.45) is 5.92 Å². The first-order valence-corrected chi connectivity index (χ1v) is 13.3. The van der Waals surface area contributed by atoms with E-state index in [4.69, 9.17) is 26.1 Å². The Hall–Kier alpha value is -3.49. The summed E-state index contributed by atoms with van der Waals surface area (Å²) < 4.78 is 13.4. The van der Waals surface area contributed by atoms with Crippen molar-refractivity contribution in [1.82, 2.24) is 19.5 Å². The predicted octanol–water partition coefficient (Wildman–Crippen LogP) is 5.94. The molecule has 1 aliphatic rings. The monoisotopic (exact) mass is 533 g/mol. The van der Waals surface area contributed by atoms with Gasteiger partial charge in [-0.1, -0.05) is 41.8 Å². The average Bonchev–Trinajstić information content (AvgIpc) is 3.23. The van der Waals surface area contributed by atoms with Gasteiger partial charge in [0, 0.05) is 24.7 Å². The molecule has 1 saturated carbocycles. The summed E-state index contributed by atoms with van der Waals surface area (Å²) in [6.45, 7) is 5.58. The summed E-state index contributed by atoms with van der Waals surface area (Å²) in [4.78, 5) is 25.8. The molecule has 198 valence electrons. The Morgan fingerprint density at radius 2 is 1.92 bits per heavy atom. The zero-order chi connectivity index (χ0) is 26.6. The third kappa shape index (κ3) is 5.51. The van der Waals surface area contributed by atoms with Gasteiger partial charge in [-0.3, -0.25) is 4.79 Å². The van der Waals surface area contributed by atoms with Crippen molar-refractivity contribution < 1.29 is 14.3 Å². The fraction of sp³-hybridized carbons (Fsp3) is 0.379. The van der Waals surface area contributed by atoms with E-state index >= 15 is 0 Å². The molecule has 9 heteroatoms. The predicted molar refractivity (Wildman–Crippen MR) is 149 cm³/mol. The summed E-state index contributed by atoms with van der Waals surface area (Å²) in [5, 5.41) is 4.26. The zero-order valence-corrected chi connectivity index (χ0v) is 22.7. The Labute approximate surface area is 227 Å². The molecule has 5 rings (SSSR count). The number of aryl methyl sites for hydroxylation is 1. The molecule has 1 atom stereocenters. The first-order valence-electron chi connectivity index (χ1n) is 12.9. The number of benzene rings is 2. The maximum atomic E-state index is 11.8. The summed E-state index contributed by atoms with van der Waals surface area (Å²) in [5.74, 6) is 2.66. The largest absolute Gasteiger partial charge is 0.490 e. The van der Waals surface area contributed by atoms with Crippen LogP contribution in [0.15, 0.2) is 42.5 Å². The number of carbonyl (C=O) groups excluding carboxylic acids is 1. The number of carbonyl (C=O) groups is 1. The number of halogens is 1. The van der Waals surface area contributed by atoms with Gasteiger partial charge in [0.25, 0.3) is 0 Å². The van der Waals surface area contributed by atoms with Gasteiger partial charge in [0.1, 0.15) is 23.7 Å². The van der Waals surface area contributed by atoms with Gasteiger partial charge >= 0.3 is 0 Å². The minimum atomic E-state index is 0.101. The Morgan fingerprint density at radius 1 is 1.13 bits per heavy atom. The molecule has 0 aliphatic heterocycles. The Bertz CT molecular complexity index is 1430. The second kappa shape index (κ2) is 11.5. The molecule has 1 fully saturated rings. The number of ether oxygens (including phenoxy) is 2. The van der Waals surface area contributed by atoms with Gasteiger partial charge in [-0.15, -0.1) is 0 Å². The summed E-state index contributed by atoms with van der Waals surface area (Å²) in [5.41, 5.74) is 4.15. The SMILES string of the molecule is COCCOc1ccc(C)cc1-c1nc2nc(C=O)nc(N[C@H](C)C3CCC3)c2n1Cc1ccc(Cl)cc1. The van der Waals surface area contributed by atoms with E-state index in [0.717, 1.165) is 22.2 Å². The maximum absolute atomic E-state index is 11.8. The number of nitrogens with zero attached hydrogens (tertiary/aromatic N) is 4. The van der Waals surface area contributed by atoms with E-state index in [2.05, 4.69) is 32.8 Å². The van der Waals surface area contributed by atoms with Gasteiger partial charge in [0.15, 0.2) is 23.6 Å². The highest BCUT2D eigenvalue weighted by molar-refractivity contribution is 6.30. The van der Waals surface area contributed by atoms with Crippen LogP contribution in [-0.2, 0) is 11.3 Å². The molecule has 0 radical (unpaired) electrons. The standard InChI is InChI=1S/C29H32ClN5O3/c1-18-7-12-24(38-14-13-37-3)23(15-18)29-34-28-26(35(29)16-20-8-10-22(30)11-9-20)27(32-25(17-36)33-28)31-19(2)21-5-4-6-21/h7-12,15,17,19,21H,4-6,13-14,16H2,1-3H3,(H,31,32,33)/t19-/m1/s1. The molecule has 0 bridgehead atoms. The number of nitrogens with one attached hydrogen (secondary N) is 1. The molecule has 0 amide bonds. The molecule has 0 spiro atoms. The van der Waals surface area contributed by atoms with Crippen LogP contribution in [0.3, 0.4) is 0 Å². The van der Waals surface area contributed by atoms with Crippen LogP contribution in [0.5, 0.6) is 5.75 Å². The smallest absolute Gasteiger partial charge is 0.196 e. The Morgan fingerprint density at radius 3 is 2.61 bits per heavy atom. The van der Waals surface area contributed by atoms with Crippen LogP contribution < -0.4 is 10.1 Å². The van der Waals surface area contributed by atoms with E-state index in [1.54, 1.807) is 7.11 Å². The minimum absolute atomic E-state index is 0.101. The van der Waals surface area contributed by atoms with Gasteiger partial charge in [-0.25, -0.2) is 15.0 Å². The second-order valence-electron chi connectivity index (χ2n) is 9.83. The molecular formula is C29H32ClN5O3. The molecule has 4 aromatic rings. The number of anilines is 1. The Kier molecular flexibility index (Phi) is 7.90. The lowest BCUT2D eigenvalue weighted by Crippen LogP contribution is -2.31. The molecule has 1 N–H and O–H groups in total. The highest BCUT2D eigenvalue weighted by Gasteiger charge is 2.27. The van der Waals surface area contributed by atoms with Gasteiger partial charge in [0.05, 0.1) is 12.2 Å². The average molecular weight is 534 g/mol. The molecule has 1 aliphatic carbocycles. The molecule has 2 heterocycles. The van der Waals surface area contributed by atoms with Gasteiger partial charge in [-0.05, 0) is 62.4 Å². The van der Waals surface area contributed by atoms with E-state index in [1.807, 2.05) is 43.3 Å². The molecular weight excluding hydrogens is 502 g/mol. The third-order valence-electron chi connectivity index (χ3n) is 7.12. The first kappa shape index (κ1) is 26.1. The molecule has 2 aromatic carbocycles. The van der Waals surface area contributed by atoms with Crippen molar-refractivity contribution in [3.05, 3.63) is 64.4 Å². The summed E-state index contributed by atoms with van der Waals surface area (Å²) in [7, 11) is 1.65. The number of methoxy groups -OCH3 is 1. The molecule has 38 heavy (non-hydrogen) atoms. The van der Waals surface area contributed by atoms with E-state index in [-0.39, 0.29) is 11.9 Å². The lowest BCUT2D eigenvalue weighted by atomic mass is 9.80. The molecule has 8 nitrogen and oxygen atoms in total. The fourth-order valence-electron chi connectivity index (χ4n) is 4.79. The van der Waals surface area contributed by atoms with Crippen molar-refractivity contribution in [2.45, 2.75) is 45.7 Å². The quantitative estimate of drug-likeness (QED) is 0.188. The minimum Gasteiger partial charge on any atom is -0.490 e. The highest BCUT2D eigenvalue weighted by Crippen LogP contribution is 2.36. The van der Waals surface area contributed by atoms with Crippen LogP contribution >= 0.6 is 11.6 Å².